The summed E-state index contributed by atoms with van der Waals surface area (Å²) in [4.78, 5) is 15.1. The van der Waals surface area contributed by atoms with Crippen molar-refractivity contribution in [2.24, 2.45) is 0 Å². The second-order valence-corrected chi connectivity index (χ2v) is 4.10. The molecule has 0 atom stereocenters. The van der Waals surface area contributed by atoms with Gasteiger partial charge in [0.2, 0.25) is 5.91 Å². The molecule has 1 heterocycles. The minimum Gasteiger partial charge on any atom is -0.359 e. The van der Waals surface area contributed by atoms with Crippen LogP contribution in [0.4, 0.5) is 14.6 Å². The van der Waals surface area contributed by atoms with E-state index < -0.39 is 11.6 Å². The van der Waals surface area contributed by atoms with E-state index in [0.29, 0.717) is 12.6 Å². The average molecular weight is 277 g/mol. The summed E-state index contributed by atoms with van der Waals surface area (Å²) in [5.41, 5.74) is 0.965. The number of hydrogen-bond acceptors (Lipinski definition) is 3. The van der Waals surface area contributed by atoms with Crippen molar-refractivity contribution in [1.82, 2.24) is 10.3 Å². The molecular formula is C14H13F2N3O. The van der Waals surface area contributed by atoms with Crippen LogP contribution in [0.3, 0.4) is 0 Å². The van der Waals surface area contributed by atoms with Crippen LogP contribution in [-0.2, 0) is 11.3 Å². The second kappa shape index (κ2) is 6.60. The smallest absolute Gasteiger partial charge is 0.239 e. The van der Waals surface area contributed by atoms with Gasteiger partial charge in [-0.2, -0.15) is 0 Å². The summed E-state index contributed by atoms with van der Waals surface area (Å²) in [5.74, 6) is -2.05. The highest BCUT2D eigenvalue weighted by Crippen LogP contribution is 2.10. The highest BCUT2D eigenvalue weighted by molar-refractivity contribution is 5.80. The first kappa shape index (κ1) is 13.9. The quantitative estimate of drug-likeness (QED) is 0.880. The Balaban J connectivity index is 1.80. The highest BCUT2D eigenvalue weighted by Gasteiger charge is 2.07. The van der Waals surface area contributed by atoms with Gasteiger partial charge in [-0.15, -0.1) is 0 Å². The van der Waals surface area contributed by atoms with Gasteiger partial charge in [-0.1, -0.05) is 30.3 Å². The molecule has 20 heavy (non-hydrogen) atoms. The molecule has 1 amide bonds. The van der Waals surface area contributed by atoms with Gasteiger partial charge >= 0.3 is 0 Å². The van der Waals surface area contributed by atoms with Gasteiger partial charge in [0.1, 0.15) is 5.82 Å². The molecule has 0 fully saturated rings. The molecule has 0 bridgehead atoms. The molecule has 0 saturated carbocycles. The zero-order chi connectivity index (χ0) is 14.4. The lowest BCUT2D eigenvalue weighted by atomic mass is 10.2. The molecule has 2 aromatic rings. The molecule has 0 radical (unpaired) electrons. The summed E-state index contributed by atoms with van der Waals surface area (Å²) < 4.78 is 25.9. The topological polar surface area (TPSA) is 54.0 Å². The monoisotopic (exact) mass is 277 g/mol. The molecule has 0 aliphatic rings. The molecule has 2 N–H and O–H groups in total. The number of carbonyl (C=O) groups is 1. The van der Waals surface area contributed by atoms with Crippen molar-refractivity contribution in [2.45, 2.75) is 6.54 Å². The lowest BCUT2D eigenvalue weighted by molar-refractivity contribution is -0.119. The Morgan fingerprint density at radius 3 is 2.65 bits per heavy atom. The maximum atomic E-state index is 13.3. The van der Waals surface area contributed by atoms with Crippen LogP contribution in [0.5, 0.6) is 0 Å². The number of anilines is 1. The number of hydrogen-bond donors (Lipinski definition) is 2. The maximum Gasteiger partial charge on any atom is 0.239 e. The molecule has 0 saturated heterocycles. The summed E-state index contributed by atoms with van der Waals surface area (Å²) in [6.07, 6.45) is 0.882. The molecule has 1 aromatic heterocycles. The van der Waals surface area contributed by atoms with Crippen LogP contribution in [0, 0.1) is 11.6 Å². The van der Waals surface area contributed by atoms with E-state index in [4.69, 9.17) is 0 Å². The van der Waals surface area contributed by atoms with Crippen LogP contribution >= 0.6 is 0 Å². The Morgan fingerprint density at radius 2 is 1.95 bits per heavy atom. The van der Waals surface area contributed by atoms with Gasteiger partial charge in [-0.05, 0) is 5.56 Å². The van der Waals surface area contributed by atoms with Crippen molar-refractivity contribution in [1.29, 1.82) is 0 Å². The molecule has 1 aromatic carbocycles. The Bertz CT molecular complexity index is 590. The maximum absolute atomic E-state index is 13.3. The van der Waals surface area contributed by atoms with E-state index in [-0.39, 0.29) is 18.3 Å². The molecule has 4 nitrogen and oxygen atoms in total. The first-order valence-electron chi connectivity index (χ1n) is 6.00. The number of aromatic nitrogens is 1. The van der Waals surface area contributed by atoms with Gasteiger partial charge in [-0.25, -0.2) is 13.8 Å². The van der Waals surface area contributed by atoms with Gasteiger partial charge in [0, 0.05) is 12.6 Å². The van der Waals surface area contributed by atoms with Gasteiger partial charge in [0.15, 0.2) is 11.6 Å². The van der Waals surface area contributed by atoms with E-state index in [1.165, 1.54) is 0 Å². The van der Waals surface area contributed by atoms with Crippen LogP contribution in [0.15, 0.2) is 42.6 Å². The normalized spacial score (nSPS) is 10.1. The molecule has 0 unspecified atom stereocenters. The standard InChI is InChI=1S/C14H13F2N3O/c15-11-6-12(16)14(18-8-11)19-9-13(20)17-7-10-4-2-1-3-5-10/h1-6,8H,7,9H2,(H,17,20)(H,18,19). The van der Waals surface area contributed by atoms with Gasteiger partial charge in [-0.3, -0.25) is 4.79 Å². The lowest BCUT2D eigenvalue weighted by Crippen LogP contribution is -2.29. The predicted molar refractivity (Wildman–Crippen MR) is 70.9 cm³/mol. The van der Waals surface area contributed by atoms with Crippen molar-refractivity contribution in [3.05, 3.63) is 59.8 Å². The minimum atomic E-state index is -0.833. The number of nitrogens with zero attached hydrogens (tertiary/aromatic N) is 1. The van der Waals surface area contributed by atoms with Crippen molar-refractivity contribution in [3.63, 3.8) is 0 Å². The fraction of sp³-hybridized carbons (Fsp3) is 0.143. The van der Waals surface area contributed by atoms with Crippen LogP contribution < -0.4 is 10.6 Å². The number of rotatable bonds is 5. The summed E-state index contributed by atoms with van der Waals surface area (Å²) in [6.45, 7) is 0.253. The Labute approximate surface area is 114 Å². The summed E-state index contributed by atoms with van der Waals surface area (Å²) in [6, 6.07) is 10.1. The van der Waals surface area contributed by atoms with E-state index in [1.54, 1.807) is 0 Å². The molecular weight excluding hydrogens is 264 g/mol. The molecule has 2 rings (SSSR count). The van der Waals surface area contributed by atoms with Crippen LogP contribution in [0.1, 0.15) is 5.56 Å². The third-order valence-electron chi connectivity index (χ3n) is 2.56. The number of halogens is 2. The third kappa shape index (κ3) is 4.01. The number of amides is 1. The minimum absolute atomic E-state index is 0.137. The van der Waals surface area contributed by atoms with Crippen molar-refractivity contribution in [3.8, 4) is 0 Å². The van der Waals surface area contributed by atoms with E-state index in [1.807, 2.05) is 30.3 Å². The van der Waals surface area contributed by atoms with Crippen LogP contribution in [-0.4, -0.2) is 17.4 Å². The SMILES string of the molecule is O=C(CNc1ncc(F)cc1F)NCc1ccccc1. The van der Waals surface area contributed by atoms with Gasteiger partial charge in [0.05, 0.1) is 12.7 Å². The summed E-state index contributed by atoms with van der Waals surface area (Å²) in [7, 11) is 0. The molecule has 0 aliphatic carbocycles. The number of benzene rings is 1. The summed E-state index contributed by atoms with van der Waals surface area (Å²) in [5, 5.41) is 5.19. The zero-order valence-corrected chi connectivity index (χ0v) is 10.6. The molecule has 0 aliphatic heterocycles. The molecule has 6 heteroatoms. The molecule has 104 valence electrons. The first-order valence-corrected chi connectivity index (χ1v) is 6.00. The largest absolute Gasteiger partial charge is 0.359 e. The lowest BCUT2D eigenvalue weighted by Gasteiger charge is -2.08. The fourth-order valence-corrected chi connectivity index (χ4v) is 1.57. The number of carbonyl (C=O) groups excluding carboxylic acids is 1. The van der Waals surface area contributed by atoms with E-state index in [9.17, 15) is 13.6 Å². The van der Waals surface area contributed by atoms with Gasteiger partial charge < -0.3 is 10.6 Å². The second-order valence-electron chi connectivity index (χ2n) is 4.10. The Kier molecular flexibility index (Phi) is 4.60. The number of pyridine rings is 1. The first-order chi connectivity index (χ1) is 9.65. The van der Waals surface area contributed by atoms with E-state index in [0.717, 1.165) is 11.8 Å². The molecule has 0 spiro atoms. The third-order valence-corrected chi connectivity index (χ3v) is 2.56. The summed E-state index contributed by atoms with van der Waals surface area (Å²) >= 11 is 0. The van der Waals surface area contributed by atoms with E-state index >= 15 is 0 Å². The van der Waals surface area contributed by atoms with Crippen LogP contribution in [0.25, 0.3) is 0 Å². The van der Waals surface area contributed by atoms with Crippen LogP contribution in [0.2, 0.25) is 0 Å². The fourth-order valence-electron chi connectivity index (χ4n) is 1.57. The average Bonchev–Trinajstić information content (AvgIpc) is 2.45. The Hall–Kier alpha value is -2.50. The van der Waals surface area contributed by atoms with E-state index in [2.05, 4.69) is 15.6 Å². The predicted octanol–water partition coefficient (Wildman–Crippen LogP) is 2.09. The number of nitrogens with one attached hydrogen (secondary N) is 2. The van der Waals surface area contributed by atoms with Crippen molar-refractivity contribution >= 4 is 11.7 Å². The Morgan fingerprint density at radius 1 is 1.20 bits per heavy atom. The zero-order valence-electron chi connectivity index (χ0n) is 10.6. The van der Waals surface area contributed by atoms with Crippen molar-refractivity contribution < 1.29 is 13.6 Å². The van der Waals surface area contributed by atoms with Gasteiger partial charge in [0.25, 0.3) is 0 Å². The highest BCUT2D eigenvalue weighted by atomic mass is 19.1. The van der Waals surface area contributed by atoms with Crippen molar-refractivity contribution in [2.75, 3.05) is 11.9 Å².